The highest BCUT2D eigenvalue weighted by atomic mass is 16.6. The molecule has 2 aromatic rings. The molecule has 0 saturated carbocycles. The number of hydrogen-bond donors (Lipinski definition) is 4. The minimum atomic E-state index is -1.30. The van der Waals surface area contributed by atoms with E-state index in [-0.39, 0.29) is 24.0 Å². The van der Waals surface area contributed by atoms with Gasteiger partial charge in [0.15, 0.2) is 23.7 Å². The molecule has 11 nitrogen and oxygen atoms in total. The number of nitrogens with two attached hydrogens (primary N) is 1. The van der Waals surface area contributed by atoms with Gasteiger partial charge in [-0.3, -0.25) is 4.79 Å². The Kier molecular flexibility index (Phi) is 7.22. The minimum Gasteiger partial charge on any atom is -0.504 e. The summed E-state index contributed by atoms with van der Waals surface area (Å²) in [4.78, 5) is 40.6. The number of benzene rings is 2. The van der Waals surface area contributed by atoms with Gasteiger partial charge in [-0.25, -0.2) is 9.59 Å². The lowest BCUT2D eigenvalue weighted by atomic mass is 9.50. The molecule has 2 heterocycles. The highest BCUT2D eigenvalue weighted by Gasteiger charge is 2.72. The Morgan fingerprint density at radius 2 is 1.91 bits per heavy atom. The van der Waals surface area contributed by atoms with Crippen LogP contribution in [0.15, 0.2) is 54.3 Å². The average Bonchev–Trinajstić information content (AvgIpc) is 3.34. The molecule has 2 aliphatic carbocycles. The first kappa shape index (κ1) is 29.2. The minimum absolute atomic E-state index is 0.0326. The number of hydrogen-bond acceptors (Lipinski definition) is 10. The van der Waals surface area contributed by atoms with Crippen LogP contribution in [-0.2, 0) is 42.1 Å². The zero-order valence-electron chi connectivity index (χ0n) is 24.4. The van der Waals surface area contributed by atoms with Gasteiger partial charge >= 0.3 is 11.9 Å². The van der Waals surface area contributed by atoms with Crippen molar-refractivity contribution in [1.82, 2.24) is 10.2 Å². The number of aliphatic hydroxyl groups is 1. The molecule has 1 unspecified atom stereocenters. The van der Waals surface area contributed by atoms with Crippen molar-refractivity contribution in [2.45, 2.75) is 80.9 Å². The van der Waals surface area contributed by atoms with Crippen LogP contribution in [0.5, 0.6) is 11.5 Å². The SMILES string of the molecule is CC(OC(=O)[C@H](C)NC(=O)[C@@H](N)Cc1ccccc1)C(=O)OC1=CC[C@@]2(O)[C@H]3Cc4ccc(O)c5c4[C@@]2(CCN3C)[C@H]1O5. The first-order valence-electron chi connectivity index (χ1n) is 14.6. The molecule has 1 amide bonds. The van der Waals surface area contributed by atoms with Gasteiger partial charge in [0.05, 0.1) is 17.1 Å². The second-order valence-electron chi connectivity index (χ2n) is 12.1. The first-order valence-corrected chi connectivity index (χ1v) is 14.6. The molecule has 1 spiro atoms. The third-order valence-electron chi connectivity index (χ3n) is 9.54. The van der Waals surface area contributed by atoms with Crippen LogP contribution in [0.3, 0.4) is 0 Å². The fourth-order valence-electron chi connectivity index (χ4n) is 7.30. The Bertz CT molecular complexity index is 1490. The van der Waals surface area contributed by atoms with E-state index in [1.807, 2.05) is 43.4 Å². The molecule has 1 saturated heterocycles. The number of nitrogens with one attached hydrogen (secondary N) is 1. The summed E-state index contributed by atoms with van der Waals surface area (Å²) in [7, 11) is 1.99. The van der Waals surface area contributed by atoms with Gasteiger partial charge in [-0.05, 0) is 70.0 Å². The van der Waals surface area contributed by atoms with Crippen molar-refractivity contribution in [3.8, 4) is 11.5 Å². The van der Waals surface area contributed by atoms with Crippen molar-refractivity contribution in [1.29, 1.82) is 0 Å². The number of likely N-dealkylation sites (tertiary alicyclic amines) is 1. The summed E-state index contributed by atoms with van der Waals surface area (Å²) in [5, 5.41) is 25.4. The number of likely N-dealkylation sites (N-methyl/N-ethyl adjacent to an activating group) is 1. The summed E-state index contributed by atoms with van der Waals surface area (Å²) >= 11 is 0. The Balaban J connectivity index is 1.13. The number of nitrogens with zero attached hydrogens (tertiary/aromatic N) is 1. The Morgan fingerprint density at radius 3 is 2.65 bits per heavy atom. The van der Waals surface area contributed by atoms with Crippen LogP contribution in [0.2, 0.25) is 0 Å². The molecule has 0 radical (unpaired) electrons. The normalized spacial score (nSPS) is 28.8. The van der Waals surface area contributed by atoms with E-state index in [0.717, 1.165) is 16.7 Å². The first-order chi connectivity index (χ1) is 20.5. The van der Waals surface area contributed by atoms with E-state index in [2.05, 4.69) is 10.2 Å². The Hall–Kier alpha value is -3.93. The number of carbonyl (C=O) groups excluding carboxylic acids is 3. The fraction of sp³-hybridized carbons (Fsp3) is 0.469. The molecule has 7 atom stereocenters. The van der Waals surface area contributed by atoms with Crippen LogP contribution >= 0.6 is 0 Å². The average molecular weight is 592 g/mol. The third-order valence-corrected chi connectivity index (χ3v) is 9.54. The van der Waals surface area contributed by atoms with Crippen LogP contribution in [0, 0.1) is 0 Å². The zero-order valence-corrected chi connectivity index (χ0v) is 24.4. The molecule has 11 heteroatoms. The van der Waals surface area contributed by atoms with Crippen LogP contribution in [0.25, 0.3) is 0 Å². The maximum Gasteiger partial charge on any atom is 0.352 e. The topological polar surface area (TPSA) is 161 Å². The van der Waals surface area contributed by atoms with Crippen molar-refractivity contribution in [3.05, 3.63) is 71.0 Å². The van der Waals surface area contributed by atoms with Crippen molar-refractivity contribution < 1.29 is 38.8 Å². The molecule has 0 aromatic heterocycles. The molecule has 2 aliphatic heterocycles. The third kappa shape index (κ3) is 4.57. The second kappa shape index (κ2) is 10.7. The molecule has 228 valence electrons. The summed E-state index contributed by atoms with van der Waals surface area (Å²) in [5.41, 5.74) is 6.57. The number of rotatable bonds is 8. The van der Waals surface area contributed by atoms with E-state index in [0.29, 0.717) is 31.6 Å². The van der Waals surface area contributed by atoms with Gasteiger partial charge in [0.25, 0.3) is 0 Å². The van der Waals surface area contributed by atoms with Crippen LogP contribution in [0.4, 0.5) is 0 Å². The summed E-state index contributed by atoms with van der Waals surface area (Å²) in [6.07, 6.45) is 1.18. The number of piperidine rings is 1. The van der Waals surface area contributed by atoms with Gasteiger partial charge in [0, 0.05) is 18.0 Å². The van der Waals surface area contributed by atoms with Gasteiger partial charge < -0.3 is 40.4 Å². The van der Waals surface area contributed by atoms with Gasteiger partial charge in [-0.1, -0.05) is 36.4 Å². The van der Waals surface area contributed by atoms with E-state index >= 15 is 0 Å². The maximum absolute atomic E-state index is 13.2. The second-order valence-corrected chi connectivity index (χ2v) is 12.1. The fourth-order valence-corrected chi connectivity index (χ4v) is 7.30. The van der Waals surface area contributed by atoms with Crippen molar-refractivity contribution in [3.63, 3.8) is 0 Å². The van der Waals surface area contributed by atoms with Crippen molar-refractivity contribution in [2.75, 3.05) is 13.6 Å². The molecule has 2 aromatic carbocycles. The van der Waals surface area contributed by atoms with E-state index in [1.54, 1.807) is 12.1 Å². The van der Waals surface area contributed by atoms with Gasteiger partial charge in [-0.15, -0.1) is 0 Å². The predicted molar refractivity (Wildman–Crippen MR) is 154 cm³/mol. The van der Waals surface area contributed by atoms with Crippen molar-refractivity contribution in [2.24, 2.45) is 5.73 Å². The zero-order chi connectivity index (χ0) is 30.7. The van der Waals surface area contributed by atoms with E-state index < -0.39 is 53.2 Å². The molecule has 4 aliphatic rings. The van der Waals surface area contributed by atoms with Gasteiger partial charge in [0.2, 0.25) is 5.91 Å². The standard InChI is InChI=1S/C32H37N3O8/c1-17(34-28(37)21(33)15-19-7-5-4-6-8-19)29(38)41-18(2)30(39)42-23-11-12-32(40)24-16-20-9-10-22(36)26-25(20)31(32,27(23)43-26)13-14-35(24)3/h4-11,17-18,21,24,27,36,40H,12-16,33H2,1-3H3,(H,34,37)/t17-,18?,21-,24+,27-,31-,32+/m0/s1. The monoisotopic (exact) mass is 591 g/mol. The summed E-state index contributed by atoms with van der Waals surface area (Å²) in [5.74, 6) is -1.69. The van der Waals surface area contributed by atoms with Crippen LogP contribution < -0.4 is 15.8 Å². The molecule has 6 rings (SSSR count). The lowest BCUT2D eigenvalue weighted by molar-refractivity contribution is -0.176. The summed E-state index contributed by atoms with van der Waals surface area (Å²) < 4.78 is 17.4. The summed E-state index contributed by atoms with van der Waals surface area (Å²) in [6.45, 7) is 3.52. The summed E-state index contributed by atoms with van der Waals surface area (Å²) in [6, 6.07) is 10.6. The predicted octanol–water partition coefficient (Wildman–Crippen LogP) is 1.22. The molecule has 2 bridgehead atoms. The number of carbonyl (C=O) groups is 3. The van der Waals surface area contributed by atoms with E-state index in [4.69, 9.17) is 19.9 Å². The lowest BCUT2D eigenvalue weighted by Gasteiger charge is -2.61. The number of aromatic hydroxyl groups is 1. The smallest absolute Gasteiger partial charge is 0.352 e. The lowest BCUT2D eigenvalue weighted by Crippen LogP contribution is -2.74. The maximum atomic E-state index is 13.2. The quantitative estimate of drug-likeness (QED) is 0.329. The van der Waals surface area contributed by atoms with Crippen molar-refractivity contribution >= 4 is 17.8 Å². The number of esters is 2. The van der Waals surface area contributed by atoms with Gasteiger partial charge in [0.1, 0.15) is 11.8 Å². The molecule has 5 N–H and O–H groups in total. The largest absolute Gasteiger partial charge is 0.504 e. The molecular formula is C32H37N3O8. The van der Waals surface area contributed by atoms with E-state index in [1.165, 1.54) is 13.8 Å². The number of amides is 1. The van der Waals surface area contributed by atoms with Gasteiger partial charge in [-0.2, -0.15) is 0 Å². The molecular weight excluding hydrogens is 554 g/mol. The number of phenols is 1. The van der Waals surface area contributed by atoms with Crippen LogP contribution in [-0.4, -0.2) is 82.5 Å². The molecule has 1 fully saturated rings. The molecule has 43 heavy (non-hydrogen) atoms. The van der Waals surface area contributed by atoms with E-state index in [9.17, 15) is 24.6 Å². The number of phenolic OH excluding ortho intramolecular Hbond substituents is 1. The Labute approximate surface area is 249 Å². The number of ether oxygens (including phenoxy) is 3. The highest BCUT2D eigenvalue weighted by Crippen LogP contribution is 2.65. The van der Waals surface area contributed by atoms with Crippen LogP contribution in [0.1, 0.15) is 43.4 Å². The Morgan fingerprint density at radius 1 is 1.16 bits per heavy atom. The highest BCUT2D eigenvalue weighted by molar-refractivity contribution is 5.88.